The van der Waals surface area contributed by atoms with Crippen LogP contribution in [0.2, 0.25) is 0 Å². The van der Waals surface area contributed by atoms with Crippen molar-refractivity contribution in [3.8, 4) is 5.75 Å². The Labute approximate surface area is 161 Å². The van der Waals surface area contributed by atoms with Gasteiger partial charge in [0.05, 0.1) is 12.8 Å². The minimum absolute atomic E-state index is 0.465. The molecule has 2 aromatic rings. The van der Waals surface area contributed by atoms with E-state index in [4.69, 9.17) is 17.0 Å². The van der Waals surface area contributed by atoms with Gasteiger partial charge in [0.2, 0.25) is 0 Å². The van der Waals surface area contributed by atoms with Gasteiger partial charge in [-0.15, -0.1) is 0 Å². The molecule has 2 aromatic carbocycles. The fraction of sp³-hybridized carbons (Fsp3) is 0.333. The lowest BCUT2D eigenvalue weighted by Crippen LogP contribution is -2.24. The first-order valence-electron chi connectivity index (χ1n) is 8.85. The summed E-state index contributed by atoms with van der Waals surface area (Å²) in [5.41, 5.74) is 7.14. The maximum Gasteiger partial charge on any atom is 0.191 e. The number of thiocarbonyl (C=S) groups is 1. The van der Waals surface area contributed by atoms with E-state index in [1.165, 1.54) is 0 Å². The first kappa shape index (κ1) is 19.9. The molecule has 0 aliphatic carbocycles. The minimum atomic E-state index is 0.465. The predicted molar refractivity (Wildman–Crippen MR) is 114 cm³/mol. The van der Waals surface area contributed by atoms with Crippen molar-refractivity contribution in [3.63, 3.8) is 0 Å². The average Bonchev–Trinajstić information content (AvgIpc) is 2.59. The molecule has 0 amide bonds. The van der Waals surface area contributed by atoms with Gasteiger partial charge >= 0.3 is 0 Å². The molecule has 0 spiro atoms. The molecule has 2 N–H and O–H groups in total. The van der Waals surface area contributed by atoms with Crippen molar-refractivity contribution in [2.75, 3.05) is 11.9 Å². The van der Waals surface area contributed by atoms with Crippen LogP contribution in [-0.2, 0) is 0 Å². The summed E-state index contributed by atoms with van der Waals surface area (Å²) in [7, 11) is 0. The van der Waals surface area contributed by atoms with Gasteiger partial charge in [-0.1, -0.05) is 32.0 Å². The van der Waals surface area contributed by atoms with Crippen molar-refractivity contribution in [3.05, 3.63) is 59.2 Å². The molecule has 0 fully saturated rings. The van der Waals surface area contributed by atoms with Crippen LogP contribution >= 0.6 is 12.2 Å². The van der Waals surface area contributed by atoms with Crippen LogP contribution in [0.25, 0.3) is 0 Å². The zero-order valence-electron chi connectivity index (χ0n) is 15.9. The number of para-hydroxylation sites is 1. The first-order valence-corrected chi connectivity index (χ1v) is 9.25. The largest absolute Gasteiger partial charge is 0.494 e. The van der Waals surface area contributed by atoms with E-state index in [2.05, 4.69) is 29.7 Å². The van der Waals surface area contributed by atoms with Gasteiger partial charge in [0.15, 0.2) is 5.11 Å². The molecule has 2 rings (SSSR count). The Morgan fingerprint density at radius 3 is 2.38 bits per heavy atom. The summed E-state index contributed by atoms with van der Waals surface area (Å²) in [5, 5.41) is 7.85. The van der Waals surface area contributed by atoms with E-state index in [0.717, 1.165) is 41.2 Å². The lowest BCUT2D eigenvalue weighted by molar-refractivity contribution is 0.289. The second-order valence-corrected chi connectivity index (χ2v) is 7.10. The quantitative estimate of drug-likeness (QED) is 0.407. The van der Waals surface area contributed by atoms with Crippen molar-refractivity contribution in [1.82, 2.24) is 5.43 Å². The van der Waals surface area contributed by atoms with Crippen LogP contribution in [0.4, 0.5) is 5.69 Å². The van der Waals surface area contributed by atoms with Gasteiger partial charge in [0.1, 0.15) is 5.75 Å². The topological polar surface area (TPSA) is 45.7 Å². The number of hydrogen-bond acceptors (Lipinski definition) is 3. The van der Waals surface area contributed by atoms with Crippen LogP contribution in [0.3, 0.4) is 0 Å². The summed E-state index contributed by atoms with van der Waals surface area (Å²) in [5.74, 6) is 1.52. The Morgan fingerprint density at radius 2 is 1.77 bits per heavy atom. The summed E-state index contributed by atoms with van der Waals surface area (Å²) >= 11 is 5.30. The molecule has 26 heavy (non-hydrogen) atoms. The van der Waals surface area contributed by atoms with Crippen molar-refractivity contribution in [2.45, 2.75) is 34.1 Å². The van der Waals surface area contributed by atoms with Crippen LogP contribution in [0.5, 0.6) is 5.75 Å². The molecule has 5 heteroatoms. The third-order valence-corrected chi connectivity index (χ3v) is 4.14. The van der Waals surface area contributed by atoms with Crippen LogP contribution in [-0.4, -0.2) is 17.9 Å². The van der Waals surface area contributed by atoms with E-state index in [-0.39, 0.29) is 0 Å². The summed E-state index contributed by atoms with van der Waals surface area (Å²) in [6, 6.07) is 14.0. The van der Waals surface area contributed by atoms with Gasteiger partial charge in [-0.2, -0.15) is 5.10 Å². The molecule has 0 aromatic heterocycles. The lowest BCUT2D eigenvalue weighted by atomic mass is 10.1. The molecule has 0 unspecified atom stereocenters. The summed E-state index contributed by atoms with van der Waals surface area (Å²) in [4.78, 5) is 0. The number of nitrogens with one attached hydrogen (secondary N) is 2. The fourth-order valence-electron chi connectivity index (χ4n) is 2.38. The van der Waals surface area contributed by atoms with E-state index in [1.54, 1.807) is 6.21 Å². The number of hydrazone groups is 1. The molecule has 0 bridgehead atoms. The first-order chi connectivity index (χ1) is 12.5. The van der Waals surface area contributed by atoms with Crippen molar-refractivity contribution in [1.29, 1.82) is 0 Å². The third-order valence-electron chi connectivity index (χ3n) is 3.94. The standard InChI is InChI=1S/C21H27N3OS/c1-15(2)12-13-25-19-10-8-18(9-11-19)14-22-24-21(26)23-20-16(3)6-5-7-17(20)4/h5-11,14-15H,12-13H2,1-4H3,(H2,23,24,26)/b22-14-. The number of benzene rings is 2. The second-order valence-electron chi connectivity index (χ2n) is 6.69. The highest BCUT2D eigenvalue weighted by atomic mass is 32.1. The van der Waals surface area contributed by atoms with E-state index in [0.29, 0.717) is 11.0 Å². The molecular weight excluding hydrogens is 342 g/mol. The maximum absolute atomic E-state index is 5.71. The molecule has 4 nitrogen and oxygen atoms in total. The number of rotatable bonds is 7. The van der Waals surface area contributed by atoms with E-state index in [1.807, 2.05) is 56.3 Å². The molecule has 0 aliphatic rings. The summed E-state index contributed by atoms with van der Waals surface area (Å²) in [6.07, 6.45) is 2.79. The Bertz CT molecular complexity index is 734. The van der Waals surface area contributed by atoms with Crippen LogP contribution < -0.4 is 15.5 Å². The number of nitrogens with zero attached hydrogens (tertiary/aromatic N) is 1. The molecule has 0 saturated heterocycles. The van der Waals surface area contributed by atoms with Crippen LogP contribution in [0.1, 0.15) is 37.0 Å². The van der Waals surface area contributed by atoms with Gasteiger partial charge in [0, 0.05) is 5.69 Å². The highest BCUT2D eigenvalue weighted by molar-refractivity contribution is 7.80. The summed E-state index contributed by atoms with van der Waals surface area (Å²) in [6.45, 7) is 9.22. The second kappa shape index (κ2) is 9.92. The zero-order valence-corrected chi connectivity index (χ0v) is 16.7. The molecule has 138 valence electrons. The van der Waals surface area contributed by atoms with Gasteiger partial charge < -0.3 is 10.1 Å². The SMILES string of the molecule is Cc1cccc(C)c1NC(=S)N/N=C\c1ccc(OCCC(C)C)cc1. The third kappa shape index (κ3) is 6.48. The Hall–Kier alpha value is -2.40. The van der Waals surface area contributed by atoms with Gasteiger partial charge in [0.25, 0.3) is 0 Å². The molecule has 0 heterocycles. The minimum Gasteiger partial charge on any atom is -0.494 e. The molecule has 0 radical (unpaired) electrons. The van der Waals surface area contributed by atoms with E-state index in [9.17, 15) is 0 Å². The Kier molecular flexibility index (Phi) is 7.60. The average molecular weight is 370 g/mol. The van der Waals surface area contributed by atoms with Crippen LogP contribution in [0.15, 0.2) is 47.6 Å². The normalized spacial score (nSPS) is 11.0. The highest BCUT2D eigenvalue weighted by Gasteiger charge is 2.03. The molecule has 0 aliphatic heterocycles. The maximum atomic E-state index is 5.71. The van der Waals surface area contributed by atoms with Gasteiger partial charge in [-0.05, 0) is 79.4 Å². The lowest BCUT2D eigenvalue weighted by Gasteiger charge is -2.12. The predicted octanol–water partition coefficient (Wildman–Crippen LogP) is 5.05. The van der Waals surface area contributed by atoms with Gasteiger partial charge in [-0.3, -0.25) is 5.43 Å². The molecular formula is C21H27N3OS. The Morgan fingerprint density at radius 1 is 1.12 bits per heavy atom. The number of aryl methyl sites for hydroxylation is 2. The monoisotopic (exact) mass is 369 g/mol. The van der Waals surface area contributed by atoms with Crippen LogP contribution in [0, 0.1) is 19.8 Å². The number of hydrogen-bond donors (Lipinski definition) is 2. The Balaban J connectivity index is 1.83. The van der Waals surface area contributed by atoms with Crippen molar-refractivity contribution in [2.24, 2.45) is 11.0 Å². The summed E-state index contributed by atoms with van der Waals surface area (Å²) < 4.78 is 5.71. The molecule has 0 saturated carbocycles. The smallest absolute Gasteiger partial charge is 0.191 e. The number of ether oxygens (including phenoxy) is 1. The van der Waals surface area contributed by atoms with Gasteiger partial charge in [-0.25, -0.2) is 0 Å². The highest BCUT2D eigenvalue weighted by Crippen LogP contribution is 2.19. The number of anilines is 1. The molecule has 0 atom stereocenters. The van der Waals surface area contributed by atoms with E-state index < -0.39 is 0 Å². The van der Waals surface area contributed by atoms with Crippen molar-refractivity contribution < 1.29 is 4.74 Å². The zero-order chi connectivity index (χ0) is 18.9. The van der Waals surface area contributed by atoms with E-state index >= 15 is 0 Å². The van der Waals surface area contributed by atoms with Crippen molar-refractivity contribution >= 4 is 29.2 Å². The fourth-order valence-corrected chi connectivity index (χ4v) is 2.54.